The summed E-state index contributed by atoms with van der Waals surface area (Å²) < 4.78 is 7.37. The van der Waals surface area contributed by atoms with E-state index >= 15 is 0 Å². The summed E-state index contributed by atoms with van der Waals surface area (Å²) in [7, 11) is 0. The number of rotatable bonds is 7. The van der Waals surface area contributed by atoms with Crippen LogP contribution in [0.15, 0.2) is 57.8 Å². The van der Waals surface area contributed by atoms with Crippen molar-refractivity contribution >= 4 is 34.7 Å². The zero-order chi connectivity index (χ0) is 17.8. The molecule has 4 rings (SSSR count). The smallest absolute Gasteiger partial charge is 0.259 e. The maximum absolute atomic E-state index is 6.17. The van der Waals surface area contributed by atoms with E-state index in [1.54, 1.807) is 23.7 Å². The highest BCUT2D eigenvalue weighted by Crippen LogP contribution is 2.27. The van der Waals surface area contributed by atoms with Crippen LogP contribution in [0.2, 0.25) is 5.02 Å². The van der Waals surface area contributed by atoms with Crippen LogP contribution in [0.3, 0.4) is 0 Å². The number of nitrogens with zero attached hydrogens (tertiary/aromatic N) is 5. The first-order chi connectivity index (χ1) is 12.8. The molecule has 9 heteroatoms. The minimum atomic E-state index is 0.422. The Bertz CT molecular complexity index is 983. The fraction of sp³-hybridized carbons (Fsp3) is 0.176. The molecule has 4 aromatic rings. The molecule has 0 atom stereocenters. The van der Waals surface area contributed by atoms with E-state index in [0.717, 1.165) is 23.7 Å². The summed E-state index contributed by atoms with van der Waals surface area (Å²) in [5, 5.41) is 15.7. The molecule has 0 radical (unpaired) electrons. The number of aromatic nitrogens is 5. The second kappa shape index (κ2) is 8.03. The molecule has 0 aliphatic heterocycles. The van der Waals surface area contributed by atoms with Crippen LogP contribution in [0.1, 0.15) is 10.7 Å². The van der Waals surface area contributed by atoms with Crippen molar-refractivity contribution in [2.24, 2.45) is 0 Å². The summed E-state index contributed by atoms with van der Waals surface area (Å²) in [6.45, 7) is 0.840. The number of thioether (sulfide) groups is 1. The van der Waals surface area contributed by atoms with Crippen molar-refractivity contribution in [2.75, 3.05) is 0 Å². The van der Waals surface area contributed by atoms with E-state index in [1.807, 2.05) is 22.8 Å². The van der Waals surface area contributed by atoms with E-state index in [0.29, 0.717) is 22.5 Å². The SMILES string of the molecule is Clc1ccccc1-c1nc(CSc2nncn2CCc2cccs2)no1. The van der Waals surface area contributed by atoms with E-state index < -0.39 is 0 Å². The number of halogens is 1. The summed E-state index contributed by atoms with van der Waals surface area (Å²) in [4.78, 5) is 5.76. The Morgan fingerprint density at radius 2 is 2.12 bits per heavy atom. The molecule has 1 aromatic carbocycles. The Kier molecular flexibility index (Phi) is 5.33. The van der Waals surface area contributed by atoms with Gasteiger partial charge >= 0.3 is 0 Å². The highest BCUT2D eigenvalue weighted by atomic mass is 35.5. The lowest BCUT2D eigenvalue weighted by atomic mass is 10.2. The van der Waals surface area contributed by atoms with Crippen LogP contribution in [0, 0.1) is 0 Å². The normalized spacial score (nSPS) is 11.1. The highest BCUT2D eigenvalue weighted by molar-refractivity contribution is 7.98. The summed E-state index contributed by atoms with van der Waals surface area (Å²) in [5.41, 5.74) is 0.733. The average Bonchev–Trinajstić information content (AvgIpc) is 3.40. The van der Waals surface area contributed by atoms with Gasteiger partial charge in [0.05, 0.1) is 16.3 Å². The lowest BCUT2D eigenvalue weighted by Gasteiger charge is -2.04. The maximum atomic E-state index is 6.17. The molecule has 26 heavy (non-hydrogen) atoms. The van der Waals surface area contributed by atoms with Crippen LogP contribution in [-0.2, 0) is 18.7 Å². The maximum Gasteiger partial charge on any atom is 0.259 e. The van der Waals surface area contributed by atoms with Crippen LogP contribution in [0.25, 0.3) is 11.5 Å². The lowest BCUT2D eigenvalue weighted by molar-refractivity contribution is 0.425. The van der Waals surface area contributed by atoms with Crippen molar-refractivity contribution in [1.82, 2.24) is 24.9 Å². The molecular weight excluding hydrogens is 390 g/mol. The second-order valence-corrected chi connectivity index (χ2v) is 7.80. The first kappa shape index (κ1) is 17.3. The van der Waals surface area contributed by atoms with Crippen molar-refractivity contribution in [3.63, 3.8) is 0 Å². The molecule has 132 valence electrons. The fourth-order valence-electron chi connectivity index (χ4n) is 2.38. The molecule has 0 bridgehead atoms. The molecule has 0 aliphatic rings. The molecule has 0 amide bonds. The molecule has 3 heterocycles. The van der Waals surface area contributed by atoms with Gasteiger partial charge in [0.25, 0.3) is 5.89 Å². The first-order valence-corrected chi connectivity index (χ1v) is 10.1. The monoisotopic (exact) mass is 403 g/mol. The van der Waals surface area contributed by atoms with Crippen LogP contribution >= 0.6 is 34.7 Å². The predicted molar refractivity (Wildman–Crippen MR) is 102 cm³/mol. The van der Waals surface area contributed by atoms with Crippen LogP contribution in [0.5, 0.6) is 0 Å². The lowest BCUT2D eigenvalue weighted by Crippen LogP contribution is -2.01. The van der Waals surface area contributed by atoms with Crippen molar-refractivity contribution in [3.05, 3.63) is 63.8 Å². The van der Waals surface area contributed by atoms with Gasteiger partial charge in [-0.25, -0.2) is 0 Å². The van der Waals surface area contributed by atoms with E-state index in [2.05, 4.69) is 37.9 Å². The molecule has 0 spiro atoms. The van der Waals surface area contributed by atoms with Crippen LogP contribution in [-0.4, -0.2) is 24.9 Å². The Balaban J connectivity index is 1.39. The average molecular weight is 404 g/mol. The molecular formula is C17H14ClN5OS2. The third kappa shape index (κ3) is 3.98. The molecule has 0 unspecified atom stereocenters. The molecule has 0 aliphatic carbocycles. The van der Waals surface area contributed by atoms with Gasteiger partial charge < -0.3 is 9.09 Å². The number of hydrogen-bond acceptors (Lipinski definition) is 7. The van der Waals surface area contributed by atoms with Gasteiger partial charge in [0.15, 0.2) is 11.0 Å². The summed E-state index contributed by atoms with van der Waals surface area (Å²) in [5.74, 6) is 1.56. The standard InChI is InChI=1S/C17H14ClN5OS2/c18-14-6-2-1-5-13(14)16-20-15(22-24-16)10-26-17-21-19-11-23(17)8-7-12-4-3-9-25-12/h1-6,9,11H,7-8,10H2. The van der Waals surface area contributed by atoms with E-state index in [9.17, 15) is 0 Å². The molecule has 0 fully saturated rings. The molecule has 0 saturated heterocycles. The number of thiophene rings is 1. The van der Waals surface area contributed by atoms with Crippen molar-refractivity contribution < 1.29 is 4.52 Å². The minimum Gasteiger partial charge on any atom is -0.334 e. The van der Waals surface area contributed by atoms with Gasteiger partial charge in [-0.2, -0.15) is 4.98 Å². The summed E-state index contributed by atoms with van der Waals surface area (Å²) >= 11 is 9.46. The van der Waals surface area contributed by atoms with Gasteiger partial charge in [0, 0.05) is 11.4 Å². The van der Waals surface area contributed by atoms with Gasteiger partial charge in [0.1, 0.15) is 6.33 Å². The van der Waals surface area contributed by atoms with Gasteiger partial charge in [-0.05, 0) is 30.0 Å². The zero-order valence-electron chi connectivity index (χ0n) is 13.6. The van der Waals surface area contributed by atoms with Crippen molar-refractivity contribution in [3.8, 4) is 11.5 Å². The quantitative estimate of drug-likeness (QED) is 0.421. The molecule has 0 saturated carbocycles. The van der Waals surface area contributed by atoms with Gasteiger partial charge in [-0.3, -0.25) is 0 Å². The second-order valence-electron chi connectivity index (χ2n) is 5.42. The number of hydrogen-bond donors (Lipinski definition) is 0. The Morgan fingerprint density at radius 3 is 2.96 bits per heavy atom. The molecule has 0 N–H and O–H groups in total. The van der Waals surface area contributed by atoms with Gasteiger partial charge in [-0.1, -0.05) is 46.7 Å². The van der Waals surface area contributed by atoms with Crippen LogP contribution < -0.4 is 0 Å². The highest BCUT2D eigenvalue weighted by Gasteiger charge is 2.13. The fourth-order valence-corrected chi connectivity index (χ4v) is 4.08. The van der Waals surface area contributed by atoms with Crippen molar-refractivity contribution in [2.45, 2.75) is 23.9 Å². The van der Waals surface area contributed by atoms with E-state index in [1.165, 1.54) is 16.6 Å². The predicted octanol–water partition coefficient (Wildman–Crippen LogP) is 4.58. The summed E-state index contributed by atoms with van der Waals surface area (Å²) in [6, 6.07) is 11.6. The van der Waals surface area contributed by atoms with E-state index in [-0.39, 0.29) is 0 Å². The van der Waals surface area contributed by atoms with Gasteiger partial charge in [-0.15, -0.1) is 21.5 Å². The largest absolute Gasteiger partial charge is 0.334 e. The zero-order valence-corrected chi connectivity index (χ0v) is 16.0. The topological polar surface area (TPSA) is 69.6 Å². The van der Waals surface area contributed by atoms with Crippen LogP contribution in [0.4, 0.5) is 0 Å². The third-order valence-electron chi connectivity index (χ3n) is 3.66. The van der Waals surface area contributed by atoms with Crippen molar-refractivity contribution in [1.29, 1.82) is 0 Å². The third-order valence-corrected chi connectivity index (χ3v) is 5.90. The van der Waals surface area contributed by atoms with E-state index in [4.69, 9.17) is 16.1 Å². The Morgan fingerprint density at radius 1 is 1.19 bits per heavy atom. The molecule has 3 aromatic heterocycles. The Hall–Kier alpha value is -2.16. The minimum absolute atomic E-state index is 0.422. The number of benzene rings is 1. The number of aryl methyl sites for hydroxylation is 2. The van der Waals surface area contributed by atoms with Gasteiger partial charge in [0.2, 0.25) is 0 Å². The first-order valence-electron chi connectivity index (χ1n) is 7.90. The summed E-state index contributed by atoms with van der Waals surface area (Å²) in [6.07, 6.45) is 2.71. The molecule has 6 nitrogen and oxygen atoms in total. The Labute approximate surface area is 163 Å².